The third-order valence-electron chi connectivity index (χ3n) is 5.45. The summed E-state index contributed by atoms with van der Waals surface area (Å²) in [6.45, 7) is 13.3. The van der Waals surface area contributed by atoms with Crippen LogP contribution in [0.1, 0.15) is 44.0 Å². The van der Waals surface area contributed by atoms with E-state index in [-0.39, 0.29) is 11.8 Å². The molecule has 1 aliphatic rings. The van der Waals surface area contributed by atoms with Gasteiger partial charge in [0.2, 0.25) is 5.91 Å². The van der Waals surface area contributed by atoms with Crippen molar-refractivity contribution in [1.82, 2.24) is 10.3 Å². The molecule has 1 atom stereocenters. The van der Waals surface area contributed by atoms with Crippen LogP contribution in [0.3, 0.4) is 0 Å². The van der Waals surface area contributed by atoms with Crippen LogP contribution in [-0.2, 0) is 4.79 Å². The molecule has 1 saturated carbocycles. The summed E-state index contributed by atoms with van der Waals surface area (Å²) in [7, 11) is 1.54. The van der Waals surface area contributed by atoms with Crippen molar-refractivity contribution < 1.29 is 9.59 Å². The fraction of sp³-hybridized carbons (Fsp3) is 0.269. The van der Waals surface area contributed by atoms with Crippen molar-refractivity contribution in [3.05, 3.63) is 88.8 Å². The van der Waals surface area contributed by atoms with Gasteiger partial charge in [-0.25, -0.2) is 4.98 Å². The largest absolute Gasteiger partial charge is 0.355 e. The molecule has 0 spiro atoms. The molecule has 1 aromatic rings. The minimum atomic E-state index is -0.432. The molecule has 0 saturated heterocycles. The third kappa shape index (κ3) is 6.11. The van der Waals surface area contributed by atoms with E-state index in [2.05, 4.69) is 34.1 Å². The summed E-state index contributed by atoms with van der Waals surface area (Å²) >= 11 is 6.40. The summed E-state index contributed by atoms with van der Waals surface area (Å²) in [5, 5.41) is 9.25. The Morgan fingerprint density at radius 3 is 2.52 bits per heavy atom. The van der Waals surface area contributed by atoms with Crippen LogP contribution in [0, 0.1) is 5.92 Å². The fourth-order valence-electron chi connectivity index (χ4n) is 3.62. The first-order chi connectivity index (χ1) is 15.8. The zero-order valence-corrected chi connectivity index (χ0v) is 20.3. The van der Waals surface area contributed by atoms with Crippen molar-refractivity contribution >= 4 is 34.9 Å². The Morgan fingerprint density at radius 2 is 1.94 bits per heavy atom. The second-order valence-corrected chi connectivity index (χ2v) is 7.89. The molecule has 1 fully saturated rings. The smallest absolute Gasteiger partial charge is 0.252 e. The maximum Gasteiger partial charge on any atom is 0.252 e. The molecule has 1 unspecified atom stereocenters. The molecule has 7 heteroatoms. The van der Waals surface area contributed by atoms with Gasteiger partial charge < -0.3 is 16.0 Å². The highest BCUT2D eigenvalue weighted by atomic mass is 35.5. The van der Waals surface area contributed by atoms with Gasteiger partial charge in [-0.2, -0.15) is 0 Å². The summed E-state index contributed by atoms with van der Waals surface area (Å²) in [6, 6.07) is 1.60. The molecule has 0 aromatic carbocycles. The fourth-order valence-corrected chi connectivity index (χ4v) is 3.87. The predicted molar refractivity (Wildman–Crippen MR) is 137 cm³/mol. The maximum atomic E-state index is 13.3. The molecule has 1 aliphatic carbocycles. The van der Waals surface area contributed by atoms with Crippen LogP contribution in [0.5, 0.6) is 0 Å². The number of nitrogens with one attached hydrogen (secondary N) is 3. The van der Waals surface area contributed by atoms with Gasteiger partial charge in [-0.1, -0.05) is 49.1 Å². The molecule has 0 bridgehead atoms. The van der Waals surface area contributed by atoms with Crippen LogP contribution < -0.4 is 16.0 Å². The number of anilines is 2. The van der Waals surface area contributed by atoms with Crippen molar-refractivity contribution in [2.45, 2.75) is 33.6 Å². The van der Waals surface area contributed by atoms with Gasteiger partial charge in [-0.3, -0.25) is 9.59 Å². The SMILES string of the molecule is C=C/C(C)=C(\C=C/C)Nc1ncc(C(=O)NC)cc1NC(=O)C1CCC(=C/C)/C1=C(/Cl)C=C. The number of carbonyl (C=O) groups excluding carboxylic acids is 2. The van der Waals surface area contributed by atoms with E-state index >= 15 is 0 Å². The summed E-state index contributed by atoms with van der Waals surface area (Å²) in [5.41, 5.74) is 4.22. The van der Waals surface area contributed by atoms with Crippen LogP contribution in [0.4, 0.5) is 11.5 Å². The lowest BCUT2D eigenvalue weighted by Gasteiger charge is -2.18. The summed E-state index contributed by atoms with van der Waals surface area (Å²) in [4.78, 5) is 30.0. The van der Waals surface area contributed by atoms with Crippen molar-refractivity contribution in [3.63, 3.8) is 0 Å². The lowest BCUT2D eigenvalue weighted by molar-refractivity contribution is -0.118. The van der Waals surface area contributed by atoms with Gasteiger partial charge >= 0.3 is 0 Å². The van der Waals surface area contributed by atoms with Gasteiger partial charge in [0, 0.05) is 24.0 Å². The number of aromatic nitrogens is 1. The van der Waals surface area contributed by atoms with Crippen molar-refractivity contribution in [3.8, 4) is 0 Å². The van der Waals surface area contributed by atoms with Gasteiger partial charge in [-0.15, -0.1) is 0 Å². The third-order valence-corrected chi connectivity index (χ3v) is 5.81. The quantitative estimate of drug-likeness (QED) is 0.419. The molecule has 0 aliphatic heterocycles. The lowest BCUT2D eigenvalue weighted by Crippen LogP contribution is -2.24. The van der Waals surface area contributed by atoms with E-state index in [0.29, 0.717) is 28.5 Å². The topological polar surface area (TPSA) is 83.1 Å². The van der Waals surface area contributed by atoms with Crippen molar-refractivity contribution in [1.29, 1.82) is 0 Å². The zero-order chi connectivity index (χ0) is 24.5. The number of nitrogens with zero attached hydrogens (tertiary/aromatic N) is 1. The molecule has 6 nitrogen and oxygen atoms in total. The van der Waals surface area contributed by atoms with Crippen LogP contribution in [0.2, 0.25) is 0 Å². The molecule has 3 N–H and O–H groups in total. The number of pyridine rings is 1. The molecular formula is C26H31ClN4O2. The van der Waals surface area contributed by atoms with Gasteiger partial charge in [0.1, 0.15) is 0 Å². The van der Waals surface area contributed by atoms with Gasteiger partial charge in [0.05, 0.1) is 17.2 Å². The molecule has 0 radical (unpaired) electrons. The van der Waals surface area contributed by atoms with E-state index in [0.717, 1.165) is 28.8 Å². The van der Waals surface area contributed by atoms with E-state index in [1.165, 1.54) is 6.20 Å². The highest BCUT2D eigenvalue weighted by Crippen LogP contribution is 2.40. The van der Waals surface area contributed by atoms with Gasteiger partial charge in [-0.05, 0) is 62.5 Å². The van der Waals surface area contributed by atoms with E-state index in [9.17, 15) is 9.59 Å². The van der Waals surface area contributed by atoms with Gasteiger partial charge in [0.15, 0.2) is 5.82 Å². The molecule has 1 heterocycles. The molecule has 33 heavy (non-hydrogen) atoms. The number of carbonyl (C=O) groups is 2. The number of rotatable bonds is 8. The van der Waals surface area contributed by atoms with Gasteiger partial charge in [0.25, 0.3) is 5.91 Å². The zero-order valence-electron chi connectivity index (χ0n) is 19.6. The monoisotopic (exact) mass is 466 g/mol. The standard InChI is InChI=1S/C26H31ClN4O2/c1-7-11-21(16(5)8-2)30-24-22(14-18(15-29-24)25(32)28-6)31-26(33)19-13-12-17(9-3)23(19)20(27)10-4/h7-11,14-15,19H,2,4,12-13H2,1,3,5-6H3,(H,28,32)(H,29,30)(H,31,33)/b11-7-,17-9-,21-16+,23-20-. The second-order valence-electron chi connectivity index (χ2n) is 7.49. The van der Waals surface area contributed by atoms with Crippen molar-refractivity contribution in [2.24, 2.45) is 5.92 Å². The number of hydrogen-bond acceptors (Lipinski definition) is 4. The normalized spacial score (nSPS) is 19.2. The Morgan fingerprint density at radius 1 is 1.21 bits per heavy atom. The van der Waals surface area contributed by atoms with E-state index in [1.54, 1.807) is 25.3 Å². The Hall–Kier alpha value is -3.38. The highest BCUT2D eigenvalue weighted by molar-refractivity contribution is 6.32. The van der Waals surface area contributed by atoms with Crippen molar-refractivity contribution in [2.75, 3.05) is 17.7 Å². The van der Waals surface area contributed by atoms with Crippen LogP contribution in [-0.4, -0.2) is 23.8 Å². The summed E-state index contributed by atoms with van der Waals surface area (Å²) in [6.07, 6.45) is 11.9. The number of allylic oxidation sites excluding steroid dienone is 8. The molecular weight excluding hydrogens is 436 g/mol. The lowest BCUT2D eigenvalue weighted by atomic mass is 9.98. The number of halogens is 1. The number of hydrogen-bond donors (Lipinski definition) is 3. The summed E-state index contributed by atoms with van der Waals surface area (Å²) < 4.78 is 0. The minimum absolute atomic E-state index is 0.224. The minimum Gasteiger partial charge on any atom is -0.355 e. The molecule has 2 amide bonds. The molecule has 174 valence electrons. The van der Waals surface area contributed by atoms with E-state index in [1.807, 2.05) is 39.0 Å². The van der Waals surface area contributed by atoms with Crippen LogP contribution in [0.15, 0.2) is 83.2 Å². The second kappa shape index (κ2) is 12.0. The van der Waals surface area contributed by atoms with E-state index in [4.69, 9.17) is 11.6 Å². The Balaban J connectivity index is 2.50. The van der Waals surface area contributed by atoms with E-state index < -0.39 is 5.92 Å². The maximum absolute atomic E-state index is 13.3. The first kappa shape index (κ1) is 25.9. The summed E-state index contributed by atoms with van der Waals surface area (Å²) in [5.74, 6) is -0.547. The molecule has 1 aromatic heterocycles. The Labute approximate surface area is 200 Å². The first-order valence-corrected chi connectivity index (χ1v) is 11.1. The van der Waals surface area contributed by atoms with Crippen LogP contribution in [0.25, 0.3) is 0 Å². The highest BCUT2D eigenvalue weighted by Gasteiger charge is 2.33. The predicted octanol–water partition coefficient (Wildman–Crippen LogP) is 5.86. The Bertz CT molecular complexity index is 1080. The average molecular weight is 467 g/mol. The average Bonchev–Trinajstić information content (AvgIpc) is 3.27. The first-order valence-electron chi connectivity index (χ1n) is 10.7. The molecule has 2 rings (SSSR count). The number of amides is 2. The van der Waals surface area contributed by atoms with Crippen LogP contribution >= 0.6 is 11.6 Å². The Kier molecular flexibility index (Phi) is 9.43.